The third-order valence-corrected chi connectivity index (χ3v) is 3.45. The van der Waals surface area contributed by atoms with Crippen LogP contribution in [0.15, 0.2) is 48.5 Å². The first-order chi connectivity index (χ1) is 10.1. The highest BCUT2D eigenvalue weighted by Gasteiger charge is 2.13. The Hall–Kier alpha value is -1.87. The zero-order valence-electron chi connectivity index (χ0n) is 12.9. The van der Waals surface area contributed by atoms with E-state index in [1.54, 1.807) is 6.07 Å². The molecule has 2 aromatic carbocycles. The van der Waals surface area contributed by atoms with E-state index in [0.717, 1.165) is 17.9 Å². The molecule has 21 heavy (non-hydrogen) atoms. The summed E-state index contributed by atoms with van der Waals surface area (Å²) in [6, 6.07) is 15.2. The van der Waals surface area contributed by atoms with Crippen molar-refractivity contribution in [1.29, 1.82) is 0 Å². The van der Waals surface area contributed by atoms with Gasteiger partial charge in [-0.1, -0.05) is 38.1 Å². The van der Waals surface area contributed by atoms with Gasteiger partial charge in [0.05, 0.1) is 0 Å². The van der Waals surface area contributed by atoms with Crippen molar-refractivity contribution >= 4 is 11.4 Å². The molecule has 112 valence electrons. The normalized spacial score (nSPS) is 10.9. The van der Waals surface area contributed by atoms with E-state index in [4.69, 9.17) is 0 Å². The smallest absolute Gasteiger partial charge is 0.129 e. The quantitative estimate of drug-likeness (QED) is 0.850. The summed E-state index contributed by atoms with van der Waals surface area (Å²) in [7, 11) is 1.97. The van der Waals surface area contributed by atoms with Crippen molar-refractivity contribution in [2.75, 3.05) is 18.5 Å². The first-order valence-corrected chi connectivity index (χ1v) is 7.36. The Bertz CT molecular complexity index is 567. The van der Waals surface area contributed by atoms with Crippen molar-refractivity contribution < 1.29 is 4.39 Å². The minimum absolute atomic E-state index is 0.161. The molecule has 0 saturated heterocycles. The Labute approximate surface area is 126 Å². The molecule has 0 amide bonds. The Morgan fingerprint density at radius 2 is 1.76 bits per heavy atom. The van der Waals surface area contributed by atoms with Crippen molar-refractivity contribution in [2.24, 2.45) is 5.92 Å². The van der Waals surface area contributed by atoms with E-state index in [1.807, 2.05) is 48.3 Å². The van der Waals surface area contributed by atoms with Crippen molar-refractivity contribution in [2.45, 2.75) is 20.4 Å². The van der Waals surface area contributed by atoms with Gasteiger partial charge >= 0.3 is 0 Å². The summed E-state index contributed by atoms with van der Waals surface area (Å²) in [5.74, 6) is 0.388. The third kappa shape index (κ3) is 4.05. The molecule has 3 heteroatoms. The van der Waals surface area contributed by atoms with Crippen molar-refractivity contribution in [3.8, 4) is 0 Å². The van der Waals surface area contributed by atoms with Gasteiger partial charge in [0.2, 0.25) is 0 Å². The summed E-state index contributed by atoms with van der Waals surface area (Å²) in [5, 5.41) is 3.32. The summed E-state index contributed by atoms with van der Waals surface area (Å²) in [6.07, 6.45) is 0. The molecule has 0 radical (unpaired) electrons. The predicted molar refractivity (Wildman–Crippen MR) is 87.4 cm³/mol. The first-order valence-electron chi connectivity index (χ1n) is 7.36. The van der Waals surface area contributed by atoms with Gasteiger partial charge < -0.3 is 10.2 Å². The molecule has 0 aliphatic heterocycles. The molecule has 0 aliphatic rings. The summed E-state index contributed by atoms with van der Waals surface area (Å²) in [6.45, 7) is 5.71. The molecule has 0 saturated carbocycles. The van der Waals surface area contributed by atoms with Crippen LogP contribution in [0, 0.1) is 11.7 Å². The van der Waals surface area contributed by atoms with Gasteiger partial charge in [-0.2, -0.15) is 0 Å². The van der Waals surface area contributed by atoms with E-state index in [1.165, 1.54) is 6.07 Å². The minimum atomic E-state index is -0.161. The van der Waals surface area contributed by atoms with Crippen LogP contribution in [0.25, 0.3) is 0 Å². The molecular formula is C18H23FN2. The molecule has 0 unspecified atom stereocenters. The van der Waals surface area contributed by atoms with Crippen LogP contribution in [-0.2, 0) is 6.54 Å². The molecule has 2 rings (SSSR count). The van der Waals surface area contributed by atoms with Gasteiger partial charge in [0.1, 0.15) is 5.82 Å². The lowest BCUT2D eigenvalue weighted by molar-refractivity contribution is 0.535. The summed E-state index contributed by atoms with van der Waals surface area (Å²) >= 11 is 0. The molecule has 2 aromatic rings. The van der Waals surface area contributed by atoms with E-state index in [-0.39, 0.29) is 5.82 Å². The number of hydrogen-bond acceptors (Lipinski definition) is 2. The van der Waals surface area contributed by atoms with Gasteiger partial charge in [-0.15, -0.1) is 0 Å². The number of para-hydroxylation sites is 1. The zero-order chi connectivity index (χ0) is 15.2. The highest BCUT2D eigenvalue weighted by Crippen LogP contribution is 2.28. The summed E-state index contributed by atoms with van der Waals surface area (Å²) < 4.78 is 14.2. The highest BCUT2D eigenvalue weighted by atomic mass is 19.1. The lowest BCUT2D eigenvalue weighted by atomic mass is 10.1. The monoisotopic (exact) mass is 286 g/mol. The predicted octanol–water partition coefficient (Wildman–Crippen LogP) is 4.34. The number of hydrogen-bond donors (Lipinski definition) is 1. The Kier molecular flexibility index (Phi) is 5.34. The van der Waals surface area contributed by atoms with Gasteiger partial charge in [-0.3, -0.25) is 0 Å². The summed E-state index contributed by atoms with van der Waals surface area (Å²) in [4.78, 5) is 2.02. The molecule has 0 aromatic heterocycles. The average Bonchev–Trinajstić information content (AvgIpc) is 2.48. The second-order valence-corrected chi connectivity index (χ2v) is 5.66. The highest BCUT2D eigenvalue weighted by molar-refractivity contribution is 5.65. The van der Waals surface area contributed by atoms with Crippen molar-refractivity contribution in [3.63, 3.8) is 0 Å². The number of nitrogens with zero attached hydrogens (tertiary/aromatic N) is 1. The SMILES string of the molecule is CC(C)CNCc1c(F)cccc1N(C)c1ccccc1. The zero-order valence-corrected chi connectivity index (χ0v) is 12.9. The van der Waals surface area contributed by atoms with Crippen molar-refractivity contribution in [3.05, 3.63) is 59.9 Å². The summed E-state index contributed by atoms with van der Waals surface area (Å²) in [5.41, 5.74) is 2.66. The second kappa shape index (κ2) is 7.23. The van der Waals surface area contributed by atoms with Crippen molar-refractivity contribution in [1.82, 2.24) is 5.32 Å². The third-order valence-electron chi connectivity index (χ3n) is 3.45. The van der Waals surface area contributed by atoms with Gasteiger partial charge in [-0.05, 0) is 36.7 Å². The Balaban J connectivity index is 2.24. The van der Waals surface area contributed by atoms with Gasteiger partial charge in [0, 0.05) is 30.5 Å². The molecular weight excluding hydrogens is 263 g/mol. The van der Waals surface area contributed by atoms with Gasteiger partial charge in [-0.25, -0.2) is 4.39 Å². The maximum Gasteiger partial charge on any atom is 0.129 e. The molecule has 0 spiro atoms. The van der Waals surface area contributed by atoms with Crippen LogP contribution in [-0.4, -0.2) is 13.6 Å². The maximum absolute atomic E-state index is 14.2. The van der Waals surface area contributed by atoms with Crippen LogP contribution in [0.3, 0.4) is 0 Å². The standard InChI is InChI=1S/C18H23FN2/c1-14(2)12-20-13-16-17(19)10-7-11-18(16)21(3)15-8-5-4-6-9-15/h4-11,14,20H,12-13H2,1-3H3. The van der Waals surface area contributed by atoms with E-state index >= 15 is 0 Å². The molecule has 0 atom stereocenters. The average molecular weight is 286 g/mol. The molecule has 0 bridgehead atoms. The Morgan fingerprint density at radius 3 is 2.43 bits per heavy atom. The van der Waals surface area contributed by atoms with E-state index < -0.39 is 0 Å². The number of nitrogens with one attached hydrogen (secondary N) is 1. The molecule has 2 nitrogen and oxygen atoms in total. The van der Waals surface area contributed by atoms with E-state index in [9.17, 15) is 4.39 Å². The largest absolute Gasteiger partial charge is 0.344 e. The molecule has 0 fully saturated rings. The number of halogens is 1. The molecule has 0 aliphatic carbocycles. The van der Waals surface area contributed by atoms with Crippen LogP contribution < -0.4 is 10.2 Å². The Morgan fingerprint density at radius 1 is 1.05 bits per heavy atom. The van der Waals surface area contributed by atoms with Gasteiger partial charge in [0.25, 0.3) is 0 Å². The fourth-order valence-corrected chi connectivity index (χ4v) is 2.31. The van der Waals surface area contributed by atoms with Crippen LogP contribution in [0.4, 0.5) is 15.8 Å². The number of anilines is 2. The maximum atomic E-state index is 14.2. The molecule has 1 N–H and O–H groups in total. The van der Waals surface area contributed by atoms with E-state index in [2.05, 4.69) is 19.2 Å². The minimum Gasteiger partial charge on any atom is -0.344 e. The van der Waals surface area contributed by atoms with Gasteiger partial charge in [0.15, 0.2) is 0 Å². The van der Waals surface area contributed by atoms with Crippen LogP contribution in [0.5, 0.6) is 0 Å². The fraction of sp³-hybridized carbons (Fsp3) is 0.333. The lowest BCUT2D eigenvalue weighted by Gasteiger charge is -2.23. The van der Waals surface area contributed by atoms with Crippen LogP contribution in [0.1, 0.15) is 19.4 Å². The fourth-order valence-electron chi connectivity index (χ4n) is 2.31. The molecule has 0 heterocycles. The van der Waals surface area contributed by atoms with Crippen LogP contribution >= 0.6 is 0 Å². The van der Waals surface area contributed by atoms with Crippen LogP contribution in [0.2, 0.25) is 0 Å². The van der Waals surface area contributed by atoms with E-state index in [0.29, 0.717) is 18.0 Å². The topological polar surface area (TPSA) is 15.3 Å². The second-order valence-electron chi connectivity index (χ2n) is 5.66. The first kappa shape index (κ1) is 15.5. The lowest BCUT2D eigenvalue weighted by Crippen LogP contribution is -2.22. The number of benzene rings is 2. The number of rotatable bonds is 6.